The van der Waals surface area contributed by atoms with Crippen LogP contribution in [0.25, 0.3) is 0 Å². The minimum Gasteiger partial charge on any atom is -0.374 e. The van der Waals surface area contributed by atoms with Gasteiger partial charge in [-0.2, -0.15) is 13.2 Å². The predicted molar refractivity (Wildman–Crippen MR) is 78.2 cm³/mol. The van der Waals surface area contributed by atoms with Crippen molar-refractivity contribution in [3.8, 4) is 0 Å². The van der Waals surface area contributed by atoms with Gasteiger partial charge in [0, 0.05) is 32.4 Å². The number of carbonyl (C=O) groups excluding carboxylic acids is 1. The van der Waals surface area contributed by atoms with Crippen molar-refractivity contribution in [2.45, 2.75) is 44.5 Å². The van der Waals surface area contributed by atoms with Crippen molar-refractivity contribution in [2.24, 2.45) is 18.7 Å². The smallest absolute Gasteiger partial charge is 0.374 e. The summed E-state index contributed by atoms with van der Waals surface area (Å²) in [5.41, 5.74) is 2.57. The van der Waals surface area contributed by atoms with Gasteiger partial charge in [0.2, 0.25) is 11.5 Å². The van der Waals surface area contributed by atoms with Crippen LogP contribution in [-0.2, 0) is 17.4 Å². The Bertz CT molecular complexity index is 532. The molecule has 9 heteroatoms. The largest absolute Gasteiger partial charge is 0.424 e. The van der Waals surface area contributed by atoms with Crippen LogP contribution < -0.4 is 11.1 Å². The standard InChI is InChI=1S/C14H23F3N4O2/c1-4-9(2)10(18)11(22)19-6-5-13(23,14(15,16)17)12-20-7-8-21(12)3/h7-10,23H,4-6,18H2,1-3H3,(H,19,22). The number of carbonyl (C=O) groups is 1. The number of aromatic nitrogens is 2. The van der Waals surface area contributed by atoms with Crippen molar-refractivity contribution in [3.05, 3.63) is 18.2 Å². The fourth-order valence-corrected chi connectivity index (χ4v) is 2.14. The lowest BCUT2D eigenvalue weighted by molar-refractivity contribution is -0.272. The first kappa shape index (κ1) is 19.4. The van der Waals surface area contributed by atoms with E-state index in [4.69, 9.17) is 5.73 Å². The van der Waals surface area contributed by atoms with Gasteiger partial charge in [0.1, 0.15) is 5.82 Å². The van der Waals surface area contributed by atoms with Crippen LogP contribution >= 0.6 is 0 Å². The number of halogens is 3. The molecule has 1 heterocycles. The Balaban J connectivity index is 2.79. The summed E-state index contributed by atoms with van der Waals surface area (Å²) in [6, 6.07) is -0.799. The molecule has 0 saturated heterocycles. The molecule has 0 bridgehead atoms. The van der Waals surface area contributed by atoms with Gasteiger partial charge in [-0.3, -0.25) is 4.79 Å². The number of nitrogens with two attached hydrogens (primary N) is 1. The highest BCUT2D eigenvalue weighted by atomic mass is 19.4. The van der Waals surface area contributed by atoms with Crippen LogP contribution in [0.5, 0.6) is 0 Å². The van der Waals surface area contributed by atoms with E-state index in [1.54, 1.807) is 6.92 Å². The number of imidazole rings is 1. The van der Waals surface area contributed by atoms with Gasteiger partial charge in [-0.25, -0.2) is 4.98 Å². The number of nitrogens with one attached hydrogen (secondary N) is 1. The molecule has 4 N–H and O–H groups in total. The summed E-state index contributed by atoms with van der Waals surface area (Å²) < 4.78 is 40.9. The molecule has 1 aromatic rings. The van der Waals surface area contributed by atoms with Gasteiger partial charge in [0.05, 0.1) is 6.04 Å². The van der Waals surface area contributed by atoms with Gasteiger partial charge in [0.25, 0.3) is 0 Å². The molecule has 0 radical (unpaired) electrons. The second-order valence-corrected chi connectivity index (χ2v) is 5.67. The maximum absolute atomic E-state index is 13.3. The van der Waals surface area contributed by atoms with Crippen molar-refractivity contribution in [3.63, 3.8) is 0 Å². The molecule has 1 rings (SSSR count). The second kappa shape index (κ2) is 7.31. The van der Waals surface area contributed by atoms with Crippen molar-refractivity contribution in [1.82, 2.24) is 14.9 Å². The molecule has 0 spiro atoms. The maximum atomic E-state index is 13.3. The molecule has 1 aromatic heterocycles. The van der Waals surface area contributed by atoms with E-state index in [2.05, 4.69) is 10.3 Å². The number of hydrogen-bond donors (Lipinski definition) is 3. The molecule has 0 saturated carbocycles. The van der Waals surface area contributed by atoms with E-state index >= 15 is 0 Å². The molecule has 0 aliphatic heterocycles. The molecule has 132 valence electrons. The van der Waals surface area contributed by atoms with Crippen LogP contribution in [0.3, 0.4) is 0 Å². The third-order valence-corrected chi connectivity index (χ3v) is 4.01. The summed E-state index contributed by atoms with van der Waals surface area (Å²) in [7, 11) is 1.36. The average Bonchev–Trinajstić information content (AvgIpc) is 2.90. The lowest BCUT2D eigenvalue weighted by Gasteiger charge is -2.30. The Hall–Kier alpha value is -1.61. The SMILES string of the molecule is CCC(C)C(N)C(=O)NCCC(O)(c1nccn1C)C(F)(F)F. The van der Waals surface area contributed by atoms with Crippen LogP contribution in [0.2, 0.25) is 0 Å². The fraction of sp³-hybridized carbons (Fsp3) is 0.714. The van der Waals surface area contributed by atoms with E-state index in [1.165, 1.54) is 19.4 Å². The summed E-state index contributed by atoms with van der Waals surface area (Å²) in [5.74, 6) is -1.15. The normalized spacial score (nSPS) is 17.4. The third-order valence-electron chi connectivity index (χ3n) is 4.01. The highest BCUT2D eigenvalue weighted by molar-refractivity contribution is 5.81. The zero-order valence-electron chi connectivity index (χ0n) is 13.4. The first-order valence-corrected chi connectivity index (χ1v) is 7.34. The third kappa shape index (κ3) is 4.23. The highest BCUT2D eigenvalue weighted by Gasteiger charge is 2.57. The summed E-state index contributed by atoms with van der Waals surface area (Å²) >= 11 is 0. The Morgan fingerprint density at radius 3 is 2.57 bits per heavy atom. The van der Waals surface area contributed by atoms with Crippen LogP contribution in [0.1, 0.15) is 32.5 Å². The van der Waals surface area contributed by atoms with Crippen molar-refractivity contribution in [2.75, 3.05) is 6.54 Å². The molecule has 6 nitrogen and oxygen atoms in total. The van der Waals surface area contributed by atoms with Crippen LogP contribution in [0, 0.1) is 5.92 Å². The van der Waals surface area contributed by atoms with E-state index in [9.17, 15) is 23.1 Å². The molecule has 0 fully saturated rings. The monoisotopic (exact) mass is 336 g/mol. The second-order valence-electron chi connectivity index (χ2n) is 5.67. The van der Waals surface area contributed by atoms with Crippen molar-refractivity contribution in [1.29, 1.82) is 0 Å². The van der Waals surface area contributed by atoms with E-state index < -0.39 is 36.0 Å². The first-order valence-electron chi connectivity index (χ1n) is 7.34. The van der Waals surface area contributed by atoms with Crippen LogP contribution in [-0.4, -0.2) is 39.3 Å². The number of nitrogens with zero attached hydrogens (tertiary/aromatic N) is 2. The van der Waals surface area contributed by atoms with Crippen LogP contribution in [0.15, 0.2) is 12.4 Å². The molecular weight excluding hydrogens is 313 g/mol. The Morgan fingerprint density at radius 1 is 1.52 bits per heavy atom. The van der Waals surface area contributed by atoms with E-state index in [1.807, 2.05) is 6.92 Å². The first-order chi connectivity index (χ1) is 10.5. The number of alkyl halides is 3. The summed E-state index contributed by atoms with van der Waals surface area (Å²) in [4.78, 5) is 15.4. The van der Waals surface area contributed by atoms with E-state index in [-0.39, 0.29) is 12.5 Å². The van der Waals surface area contributed by atoms with Crippen molar-refractivity contribution >= 4 is 5.91 Å². The molecular formula is C14H23F3N4O2. The Morgan fingerprint density at radius 2 is 2.13 bits per heavy atom. The van der Waals surface area contributed by atoms with Gasteiger partial charge in [-0.05, 0) is 5.92 Å². The Labute approximate surface area is 132 Å². The molecule has 0 aliphatic rings. The van der Waals surface area contributed by atoms with Crippen molar-refractivity contribution < 1.29 is 23.1 Å². The van der Waals surface area contributed by atoms with Gasteiger partial charge < -0.3 is 20.7 Å². The van der Waals surface area contributed by atoms with Crippen LogP contribution in [0.4, 0.5) is 13.2 Å². The maximum Gasteiger partial charge on any atom is 0.424 e. The predicted octanol–water partition coefficient (Wildman–Crippen LogP) is 1.05. The quantitative estimate of drug-likeness (QED) is 0.694. The fourth-order valence-electron chi connectivity index (χ4n) is 2.14. The minimum atomic E-state index is -4.92. The summed E-state index contributed by atoms with van der Waals surface area (Å²) in [6.45, 7) is 3.28. The van der Waals surface area contributed by atoms with E-state index in [0.717, 1.165) is 4.57 Å². The summed E-state index contributed by atoms with van der Waals surface area (Å²) in [5, 5.41) is 12.5. The molecule has 23 heavy (non-hydrogen) atoms. The summed E-state index contributed by atoms with van der Waals surface area (Å²) in [6.07, 6.45) is -2.52. The topological polar surface area (TPSA) is 93.2 Å². The average molecular weight is 336 g/mol. The van der Waals surface area contributed by atoms with Gasteiger partial charge in [-0.1, -0.05) is 20.3 Å². The minimum absolute atomic E-state index is 0.0916. The molecule has 1 amide bonds. The lowest BCUT2D eigenvalue weighted by atomic mass is 9.96. The lowest BCUT2D eigenvalue weighted by Crippen LogP contribution is -2.49. The Kier molecular flexibility index (Phi) is 6.18. The molecule has 3 atom stereocenters. The van der Waals surface area contributed by atoms with Gasteiger partial charge in [0.15, 0.2) is 0 Å². The number of rotatable bonds is 7. The zero-order chi connectivity index (χ0) is 17.8. The molecule has 3 unspecified atom stereocenters. The highest BCUT2D eigenvalue weighted by Crippen LogP contribution is 2.40. The number of amides is 1. The van der Waals surface area contributed by atoms with Gasteiger partial charge >= 0.3 is 6.18 Å². The number of aliphatic hydroxyl groups is 1. The van der Waals surface area contributed by atoms with E-state index in [0.29, 0.717) is 6.42 Å². The molecule has 0 aromatic carbocycles. The van der Waals surface area contributed by atoms with Gasteiger partial charge in [-0.15, -0.1) is 0 Å². The zero-order valence-corrected chi connectivity index (χ0v) is 13.4. The molecule has 0 aliphatic carbocycles. The number of hydrogen-bond acceptors (Lipinski definition) is 4. The number of aryl methyl sites for hydroxylation is 1.